The minimum atomic E-state index is -1.18. The zero-order valence-corrected chi connectivity index (χ0v) is 19.3. The summed E-state index contributed by atoms with van der Waals surface area (Å²) in [4.78, 5) is 24.2. The second kappa shape index (κ2) is 10.6. The van der Waals surface area contributed by atoms with Crippen molar-refractivity contribution < 1.29 is 18.3 Å². The molecule has 1 aliphatic heterocycles. The van der Waals surface area contributed by atoms with Gasteiger partial charge in [0.2, 0.25) is 5.95 Å². The van der Waals surface area contributed by atoms with Crippen LogP contribution in [0.2, 0.25) is 10.0 Å². The van der Waals surface area contributed by atoms with Crippen molar-refractivity contribution in [2.45, 2.75) is 24.7 Å². The molecule has 5 N–H and O–H groups in total. The summed E-state index contributed by atoms with van der Waals surface area (Å²) in [5.74, 6) is -0.777. The molecule has 12 heteroatoms. The standard InChI is InChI=1S/C22H22Cl2F2N6O2/c23-13-3-11(4-14(25)6-13)19(7-27)30-21(33)18-5-12(8-28-18)20-15(24)9-29-22(32-20)31-17-1-2-34-10-16(17)26/h3-6,8-9,16-17,19,28H,1-2,7,10,27H2,(H,30,33)(H,29,31,32)/t16-,17-,19+/m0/s1. The lowest BCUT2D eigenvalue weighted by molar-refractivity contribution is 0.0284. The number of halogens is 4. The predicted octanol–water partition coefficient (Wildman–Crippen LogP) is 3.89. The van der Waals surface area contributed by atoms with Gasteiger partial charge in [-0.3, -0.25) is 4.79 Å². The van der Waals surface area contributed by atoms with Crippen molar-refractivity contribution >= 4 is 35.1 Å². The molecule has 1 amide bonds. The average Bonchev–Trinajstić information content (AvgIpc) is 3.29. The van der Waals surface area contributed by atoms with Crippen LogP contribution in [0.5, 0.6) is 0 Å². The smallest absolute Gasteiger partial charge is 0.268 e. The van der Waals surface area contributed by atoms with Crippen LogP contribution in [-0.4, -0.2) is 52.8 Å². The van der Waals surface area contributed by atoms with E-state index in [0.29, 0.717) is 29.8 Å². The molecule has 1 saturated heterocycles. The number of carbonyl (C=O) groups is 1. The first-order valence-corrected chi connectivity index (χ1v) is 11.3. The number of rotatable bonds is 7. The number of nitrogens with zero attached hydrogens (tertiary/aromatic N) is 2. The summed E-state index contributed by atoms with van der Waals surface area (Å²) < 4.78 is 32.9. The number of benzene rings is 1. The minimum Gasteiger partial charge on any atom is -0.378 e. The average molecular weight is 511 g/mol. The zero-order valence-electron chi connectivity index (χ0n) is 17.8. The molecule has 3 atom stereocenters. The van der Waals surface area contributed by atoms with Crippen LogP contribution in [0.3, 0.4) is 0 Å². The lowest BCUT2D eigenvalue weighted by Gasteiger charge is -2.26. The van der Waals surface area contributed by atoms with Crippen LogP contribution in [0.25, 0.3) is 11.3 Å². The van der Waals surface area contributed by atoms with E-state index in [-0.39, 0.29) is 34.8 Å². The van der Waals surface area contributed by atoms with Crippen molar-refractivity contribution in [1.82, 2.24) is 20.3 Å². The summed E-state index contributed by atoms with van der Waals surface area (Å²) in [6.07, 6.45) is 2.28. The van der Waals surface area contributed by atoms with Crippen molar-refractivity contribution in [3.63, 3.8) is 0 Å². The maximum absolute atomic E-state index is 14.1. The van der Waals surface area contributed by atoms with Crippen LogP contribution in [0.15, 0.2) is 36.7 Å². The molecule has 180 valence electrons. The Balaban J connectivity index is 1.50. The third kappa shape index (κ3) is 5.64. The van der Waals surface area contributed by atoms with Gasteiger partial charge in [-0.15, -0.1) is 0 Å². The van der Waals surface area contributed by atoms with Crippen LogP contribution in [-0.2, 0) is 4.74 Å². The Bertz CT molecular complexity index is 1160. The van der Waals surface area contributed by atoms with Crippen molar-refractivity contribution in [1.29, 1.82) is 0 Å². The van der Waals surface area contributed by atoms with Crippen molar-refractivity contribution in [2.24, 2.45) is 5.73 Å². The van der Waals surface area contributed by atoms with Gasteiger partial charge in [-0.25, -0.2) is 18.7 Å². The first-order chi connectivity index (χ1) is 16.3. The van der Waals surface area contributed by atoms with Crippen molar-refractivity contribution in [3.8, 4) is 11.3 Å². The third-order valence-electron chi connectivity index (χ3n) is 5.37. The van der Waals surface area contributed by atoms with E-state index in [9.17, 15) is 13.6 Å². The van der Waals surface area contributed by atoms with Crippen molar-refractivity contribution in [3.05, 3.63) is 63.8 Å². The first-order valence-electron chi connectivity index (χ1n) is 10.5. The molecule has 0 unspecified atom stereocenters. The lowest BCUT2D eigenvalue weighted by atomic mass is 10.1. The summed E-state index contributed by atoms with van der Waals surface area (Å²) in [7, 11) is 0. The van der Waals surface area contributed by atoms with Gasteiger partial charge in [0.15, 0.2) is 0 Å². The number of ether oxygens (including phenoxy) is 1. The van der Waals surface area contributed by atoms with Crippen molar-refractivity contribution in [2.75, 3.05) is 25.1 Å². The van der Waals surface area contributed by atoms with Gasteiger partial charge >= 0.3 is 0 Å². The maximum atomic E-state index is 14.1. The molecule has 1 aliphatic rings. The fourth-order valence-corrected chi connectivity index (χ4v) is 4.05. The number of nitrogens with one attached hydrogen (secondary N) is 3. The third-order valence-corrected chi connectivity index (χ3v) is 5.87. The Morgan fingerprint density at radius 1 is 1.32 bits per heavy atom. The van der Waals surface area contributed by atoms with Crippen LogP contribution in [0.4, 0.5) is 14.7 Å². The second-order valence-electron chi connectivity index (χ2n) is 7.79. The zero-order chi connectivity index (χ0) is 24.2. The quantitative estimate of drug-likeness (QED) is 0.383. The molecule has 34 heavy (non-hydrogen) atoms. The molecule has 1 aromatic carbocycles. The second-order valence-corrected chi connectivity index (χ2v) is 8.63. The summed E-state index contributed by atoms with van der Waals surface area (Å²) in [6, 6.07) is 4.41. The summed E-state index contributed by atoms with van der Waals surface area (Å²) >= 11 is 12.2. The molecule has 0 saturated carbocycles. The molecule has 1 fully saturated rings. The topological polar surface area (TPSA) is 118 Å². The maximum Gasteiger partial charge on any atom is 0.268 e. The van der Waals surface area contributed by atoms with Crippen LogP contribution in [0.1, 0.15) is 28.5 Å². The van der Waals surface area contributed by atoms with E-state index in [4.69, 9.17) is 33.7 Å². The number of hydrogen-bond donors (Lipinski definition) is 4. The number of aromatic amines is 1. The fraction of sp³-hybridized carbons (Fsp3) is 0.318. The van der Waals surface area contributed by atoms with E-state index in [1.165, 1.54) is 24.4 Å². The molecule has 3 heterocycles. The minimum absolute atomic E-state index is 0.0139. The highest BCUT2D eigenvalue weighted by Gasteiger charge is 2.26. The van der Waals surface area contributed by atoms with E-state index in [1.54, 1.807) is 12.3 Å². The Morgan fingerprint density at radius 3 is 2.88 bits per heavy atom. The molecule has 0 bridgehead atoms. The molecular formula is C22H22Cl2F2N6O2. The largest absolute Gasteiger partial charge is 0.378 e. The number of hydrogen-bond acceptors (Lipinski definition) is 6. The van der Waals surface area contributed by atoms with Crippen LogP contribution >= 0.6 is 23.2 Å². The highest BCUT2D eigenvalue weighted by molar-refractivity contribution is 6.33. The number of amides is 1. The fourth-order valence-electron chi connectivity index (χ4n) is 3.62. The van der Waals surface area contributed by atoms with Gasteiger partial charge in [0.25, 0.3) is 5.91 Å². The highest BCUT2D eigenvalue weighted by Crippen LogP contribution is 2.28. The molecule has 0 spiro atoms. The highest BCUT2D eigenvalue weighted by atomic mass is 35.5. The van der Waals surface area contributed by atoms with E-state index in [0.717, 1.165) is 0 Å². The Hall–Kier alpha value is -2.79. The van der Waals surface area contributed by atoms with Crippen LogP contribution < -0.4 is 16.4 Å². The number of aromatic nitrogens is 3. The van der Waals surface area contributed by atoms with Gasteiger partial charge in [0, 0.05) is 29.9 Å². The van der Waals surface area contributed by atoms with Gasteiger partial charge in [0.05, 0.1) is 35.6 Å². The number of nitrogens with two attached hydrogens (primary N) is 1. The Labute approximate surface area is 204 Å². The van der Waals surface area contributed by atoms with Gasteiger partial charge < -0.3 is 26.1 Å². The number of alkyl halides is 1. The van der Waals surface area contributed by atoms with E-state index >= 15 is 0 Å². The van der Waals surface area contributed by atoms with E-state index < -0.39 is 30.0 Å². The molecule has 8 nitrogen and oxygen atoms in total. The van der Waals surface area contributed by atoms with E-state index in [1.807, 2.05) is 0 Å². The molecule has 0 radical (unpaired) electrons. The molecule has 3 aromatic rings. The number of H-pyrrole nitrogens is 1. The van der Waals surface area contributed by atoms with Gasteiger partial charge in [-0.1, -0.05) is 23.2 Å². The van der Waals surface area contributed by atoms with Gasteiger partial charge in [-0.05, 0) is 36.2 Å². The summed E-state index contributed by atoms with van der Waals surface area (Å²) in [5.41, 5.74) is 7.34. The van der Waals surface area contributed by atoms with Gasteiger partial charge in [0.1, 0.15) is 17.7 Å². The molecule has 2 aromatic heterocycles. The predicted molar refractivity (Wildman–Crippen MR) is 125 cm³/mol. The summed E-state index contributed by atoms with van der Waals surface area (Å²) in [6.45, 7) is 0.494. The SMILES string of the molecule is NC[C@@H](NC(=O)c1cc(-c2nc(N[C@H]3CCOC[C@@H]3F)ncc2Cl)c[nH]1)c1cc(F)cc(Cl)c1. The summed E-state index contributed by atoms with van der Waals surface area (Å²) in [5, 5.41) is 6.19. The Kier molecular flexibility index (Phi) is 7.62. The Morgan fingerprint density at radius 2 is 2.15 bits per heavy atom. The normalized spacial score (nSPS) is 19.0. The van der Waals surface area contributed by atoms with E-state index in [2.05, 4.69) is 25.6 Å². The van der Waals surface area contributed by atoms with Crippen LogP contribution in [0, 0.1) is 5.82 Å². The lowest BCUT2D eigenvalue weighted by Crippen LogP contribution is -2.39. The molecule has 4 rings (SSSR count). The number of anilines is 1. The monoisotopic (exact) mass is 510 g/mol. The molecule has 0 aliphatic carbocycles. The van der Waals surface area contributed by atoms with Gasteiger partial charge in [-0.2, -0.15) is 0 Å². The molecular weight excluding hydrogens is 489 g/mol. The first kappa shape index (κ1) is 24.3. The number of carbonyl (C=O) groups excluding carboxylic acids is 1.